The second kappa shape index (κ2) is 3.01. The number of aromatic nitrogens is 2. The quantitative estimate of drug-likeness (QED) is 0.532. The van der Waals surface area contributed by atoms with Gasteiger partial charge >= 0.3 is 0 Å². The van der Waals surface area contributed by atoms with Crippen LogP contribution in [-0.2, 0) is 7.05 Å². The molecular formula is C9H8FN3O2. The first-order chi connectivity index (χ1) is 7.00. The Kier molecular flexibility index (Phi) is 1.92. The number of nitro groups is 1. The zero-order chi connectivity index (χ0) is 11.2. The molecule has 0 atom stereocenters. The summed E-state index contributed by atoms with van der Waals surface area (Å²) in [5.41, 5.74) is 0.615. The van der Waals surface area contributed by atoms with Crippen LogP contribution in [0.15, 0.2) is 12.1 Å². The van der Waals surface area contributed by atoms with Crippen LogP contribution in [0, 0.1) is 22.9 Å². The first-order valence-electron chi connectivity index (χ1n) is 4.28. The normalized spacial score (nSPS) is 10.9. The van der Waals surface area contributed by atoms with Crippen LogP contribution in [0.25, 0.3) is 10.9 Å². The molecule has 1 aromatic carbocycles. The van der Waals surface area contributed by atoms with Gasteiger partial charge in [0, 0.05) is 24.2 Å². The molecule has 78 valence electrons. The maximum absolute atomic E-state index is 13.4. The molecule has 5 nitrogen and oxygen atoms in total. The van der Waals surface area contributed by atoms with E-state index in [2.05, 4.69) is 5.10 Å². The Bertz CT molecular complexity index is 562. The summed E-state index contributed by atoms with van der Waals surface area (Å²) in [6.45, 7) is 1.73. The van der Waals surface area contributed by atoms with E-state index in [9.17, 15) is 14.5 Å². The van der Waals surface area contributed by atoms with Crippen molar-refractivity contribution in [3.63, 3.8) is 0 Å². The van der Waals surface area contributed by atoms with Gasteiger partial charge in [0.2, 0.25) is 0 Å². The smallest absolute Gasteiger partial charge is 0.272 e. The van der Waals surface area contributed by atoms with Crippen LogP contribution in [0.3, 0.4) is 0 Å². The van der Waals surface area contributed by atoms with Crippen LogP contribution < -0.4 is 0 Å². The molecule has 2 rings (SSSR count). The fourth-order valence-electron chi connectivity index (χ4n) is 1.47. The summed E-state index contributed by atoms with van der Waals surface area (Å²) in [5.74, 6) is -0.664. The third-order valence-corrected chi connectivity index (χ3v) is 2.38. The van der Waals surface area contributed by atoms with E-state index in [1.165, 1.54) is 10.7 Å². The number of fused-ring (bicyclic) bond motifs is 1. The zero-order valence-electron chi connectivity index (χ0n) is 8.19. The van der Waals surface area contributed by atoms with Crippen molar-refractivity contribution in [3.05, 3.63) is 33.8 Å². The van der Waals surface area contributed by atoms with Crippen molar-refractivity contribution in [2.45, 2.75) is 6.92 Å². The van der Waals surface area contributed by atoms with Gasteiger partial charge in [-0.15, -0.1) is 0 Å². The molecule has 0 aliphatic rings. The largest absolute Gasteiger partial charge is 0.273 e. The monoisotopic (exact) mass is 209 g/mol. The summed E-state index contributed by atoms with van der Waals surface area (Å²) in [6.07, 6.45) is 0. The highest BCUT2D eigenvalue weighted by atomic mass is 19.1. The lowest BCUT2D eigenvalue weighted by Crippen LogP contribution is -1.91. The van der Waals surface area contributed by atoms with Crippen LogP contribution in [0.4, 0.5) is 10.1 Å². The van der Waals surface area contributed by atoms with Crippen LogP contribution in [0.2, 0.25) is 0 Å². The summed E-state index contributed by atoms with van der Waals surface area (Å²) >= 11 is 0. The van der Waals surface area contributed by atoms with E-state index in [0.29, 0.717) is 11.1 Å². The average Bonchev–Trinajstić information content (AvgIpc) is 2.45. The zero-order valence-corrected chi connectivity index (χ0v) is 8.19. The number of benzene rings is 1. The molecule has 6 heteroatoms. The Hall–Kier alpha value is -1.98. The number of aryl methyl sites for hydroxylation is 2. The van der Waals surface area contributed by atoms with Crippen molar-refractivity contribution in [3.8, 4) is 0 Å². The van der Waals surface area contributed by atoms with Crippen molar-refractivity contribution in [1.82, 2.24) is 9.78 Å². The Balaban J connectivity index is 2.85. The lowest BCUT2D eigenvalue weighted by atomic mass is 10.2. The fraction of sp³-hybridized carbons (Fsp3) is 0.222. The molecule has 1 heterocycles. The van der Waals surface area contributed by atoms with Gasteiger partial charge in [-0.2, -0.15) is 5.10 Å². The van der Waals surface area contributed by atoms with Crippen LogP contribution in [-0.4, -0.2) is 14.7 Å². The van der Waals surface area contributed by atoms with Crippen molar-refractivity contribution >= 4 is 16.6 Å². The Labute approximate surface area is 84.3 Å². The van der Waals surface area contributed by atoms with E-state index >= 15 is 0 Å². The van der Waals surface area contributed by atoms with Crippen LogP contribution in [0.1, 0.15) is 5.69 Å². The van der Waals surface area contributed by atoms with E-state index in [4.69, 9.17) is 0 Å². The van der Waals surface area contributed by atoms with Gasteiger partial charge in [0.15, 0.2) is 5.82 Å². The maximum Gasteiger partial charge on any atom is 0.273 e. The fourth-order valence-corrected chi connectivity index (χ4v) is 1.47. The summed E-state index contributed by atoms with van der Waals surface area (Å²) < 4.78 is 14.9. The second-order valence-corrected chi connectivity index (χ2v) is 3.29. The van der Waals surface area contributed by atoms with Gasteiger partial charge in [0.1, 0.15) is 5.52 Å². The van der Waals surface area contributed by atoms with Crippen molar-refractivity contribution in [1.29, 1.82) is 0 Å². The molecule has 0 aliphatic heterocycles. The van der Waals surface area contributed by atoms with Crippen molar-refractivity contribution in [2.75, 3.05) is 0 Å². The van der Waals surface area contributed by atoms with Gasteiger partial charge in [-0.3, -0.25) is 14.8 Å². The van der Waals surface area contributed by atoms with Gasteiger partial charge in [0.05, 0.1) is 11.0 Å². The number of rotatable bonds is 1. The number of nitro benzene ring substituents is 1. The summed E-state index contributed by atoms with van der Waals surface area (Å²) in [6, 6.07) is 2.22. The second-order valence-electron chi connectivity index (χ2n) is 3.29. The molecule has 0 bridgehead atoms. The van der Waals surface area contributed by atoms with Gasteiger partial charge in [-0.25, -0.2) is 4.39 Å². The van der Waals surface area contributed by atoms with Gasteiger partial charge in [0.25, 0.3) is 5.69 Å². The number of hydrogen-bond donors (Lipinski definition) is 0. The predicted octanol–water partition coefficient (Wildman–Crippen LogP) is 1.93. The minimum absolute atomic E-state index is 0.167. The van der Waals surface area contributed by atoms with E-state index in [1.54, 1.807) is 14.0 Å². The molecule has 0 radical (unpaired) electrons. The topological polar surface area (TPSA) is 61.0 Å². The minimum atomic E-state index is -0.664. The highest BCUT2D eigenvalue weighted by molar-refractivity contribution is 5.84. The standard InChI is InChI=1S/C9H8FN3O2/c1-5-7-3-6(13(14)15)4-8(10)9(7)11-12(5)2/h3-4H,1-2H3. The van der Waals surface area contributed by atoms with E-state index in [-0.39, 0.29) is 11.2 Å². The molecule has 15 heavy (non-hydrogen) atoms. The molecule has 0 spiro atoms. The Morgan fingerprint density at radius 3 is 2.80 bits per heavy atom. The van der Waals surface area contributed by atoms with E-state index in [1.807, 2.05) is 0 Å². The average molecular weight is 209 g/mol. The maximum atomic E-state index is 13.4. The van der Waals surface area contributed by atoms with Gasteiger partial charge < -0.3 is 0 Å². The van der Waals surface area contributed by atoms with Crippen LogP contribution in [0.5, 0.6) is 0 Å². The summed E-state index contributed by atoms with van der Waals surface area (Å²) in [7, 11) is 1.67. The molecule has 0 amide bonds. The molecule has 0 saturated heterocycles. The van der Waals surface area contributed by atoms with Crippen molar-refractivity contribution < 1.29 is 9.31 Å². The minimum Gasteiger partial charge on any atom is -0.272 e. The highest BCUT2D eigenvalue weighted by Gasteiger charge is 2.16. The predicted molar refractivity (Wildman–Crippen MR) is 52.1 cm³/mol. The molecule has 0 unspecified atom stereocenters. The lowest BCUT2D eigenvalue weighted by molar-refractivity contribution is -0.384. The third kappa shape index (κ3) is 1.34. The third-order valence-electron chi connectivity index (χ3n) is 2.38. The number of nitrogens with zero attached hydrogens (tertiary/aromatic N) is 3. The Morgan fingerprint density at radius 1 is 1.53 bits per heavy atom. The number of hydrogen-bond acceptors (Lipinski definition) is 3. The first kappa shape index (κ1) is 9.57. The molecule has 0 saturated carbocycles. The molecule has 2 aromatic rings. The first-order valence-corrected chi connectivity index (χ1v) is 4.28. The van der Waals surface area contributed by atoms with Crippen LogP contribution >= 0.6 is 0 Å². The molecule has 0 aliphatic carbocycles. The highest BCUT2D eigenvalue weighted by Crippen LogP contribution is 2.25. The molecule has 0 fully saturated rings. The SMILES string of the molecule is Cc1c2cc([N+](=O)[O-])cc(F)c2nn1C. The summed E-state index contributed by atoms with van der Waals surface area (Å²) in [5, 5.41) is 14.9. The molecule has 0 N–H and O–H groups in total. The molecule has 1 aromatic heterocycles. The van der Waals surface area contributed by atoms with E-state index in [0.717, 1.165) is 6.07 Å². The summed E-state index contributed by atoms with van der Waals surface area (Å²) in [4.78, 5) is 9.91. The number of halogens is 1. The van der Waals surface area contributed by atoms with E-state index < -0.39 is 10.7 Å². The molecular weight excluding hydrogens is 201 g/mol. The van der Waals surface area contributed by atoms with Crippen molar-refractivity contribution in [2.24, 2.45) is 7.05 Å². The van der Waals surface area contributed by atoms with Gasteiger partial charge in [-0.1, -0.05) is 0 Å². The lowest BCUT2D eigenvalue weighted by Gasteiger charge is -1.94. The van der Waals surface area contributed by atoms with Gasteiger partial charge in [-0.05, 0) is 6.92 Å². The Morgan fingerprint density at radius 2 is 2.20 bits per heavy atom. The number of non-ortho nitro benzene ring substituents is 1.